The van der Waals surface area contributed by atoms with Gasteiger partial charge in [-0.2, -0.15) is 0 Å². The predicted molar refractivity (Wildman–Crippen MR) is 87.5 cm³/mol. The van der Waals surface area contributed by atoms with Crippen LogP contribution in [0.3, 0.4) is 0 Å². The molecule has 0 amide bonds. The van der Waals surface area contributed by atoms with Crippen LogP contribution in [-0.4, -0.2) is 6.61 Å². The molecule has 2 nitrogen and oxygen atoms in total. The molecule has 2 aliphatic rings. The Labute approximate surface area is 129 Å². The SMILES string of the molecule is CC1CCC(C(C)C)C(N)(c2cccc3c2OCCC3)C1. The van der Waals surface area contributed by atoms with Gasteiger partial charge in [-0.3, -0.25) is 0 Å². The molecule has 1 saturated carbocycles. The number of nitrogens with two attached hydrogens (primary N) is 1. The molecule has 2 N–H and O–H groups in total. The standard InChI is InChI=1S/C19H29NO/c1-13(2)16-10-9-14(3)12-19(16,20)17-8-4-6-15-7-5-11-21-18(15)17/h4,6,8,13-14,16H,5,7,9-12,20H2,1-3H3. The highest BCUT2D eigenvalue weighted by molar-refractivity contribution is 5.47. The molecule has 3 rings (SSSR count). The van der Waals surface area contributed by atoms with Gasteiger partial charge in [-0.05, 0) is 49.0 Å². The molecule has 2 heteroatoms. The number of hydrogen-bond acceptors (Lipinski definition) is 2. The molecule has 3 unspecified atom stereocenters. The van der Waals surface area contributed by atoms with Crippen molar-refractivity contribution in [2.75, 3.05) is 6.61 Å². The lowest BCUT2D eigenvalue weighted by atomic mass is 9.62. The van der Waals surface area contributed by atoms with E-state index in [4.69, 9.17) is 10.5 Å². The Morgan fingerprint density at radius 2 is 2.10 bits per heavy atom. The summed E-state index contributed by atoms with van der Waals surface area (Å²) in [6, 6.07) is 6.60. The number of hydrogen-bond donors (Lipinski definition) is 1. The number of para-hydroxylation sites is 1. The Hall–Kier alpha value is -1.02. The van der Waals surface area contributed by atoms with Crippen molar-refractivity contribution in [3.63, 3.8) is 0 Å². The van der Waals surface area contributed by atoms with Crippen molar-refractivity contribution < 1.29 is 4.74 Å². The average Bonchev–Trinajstić information content (AvgIpc) is 2.46. The largest absolute Gasteiger partial charge is 0.493 e. The maximum absolute atomic E-state index is 7.06. The van der Waals surface area contributed by atoms with Crippen LogP contribution in [0.2, 0.25) is 0 Å². The van der Waals surface area contributed by atoms with Crippen molar-refractivity contribution in [2.45, 2.75) is 58.4 Å². The van der Waals surface area contributed by atoms with E-state index in [0.29, 0.717) is 17.8 Å². The first-order valence-corrected chi connectivity index (χ1v) is 8.56. The molecule has 0 aromatic heterocycles. The zero-order chi connectivity index (χ0) is 15.0. The Kier molecular flexibility index (Phi) is 4.00. The molecular weight excluding hydrogens is 258 g/mol. The zero-order valence-corrected chi connectivity index (χ0v) is 13.7. The monoisotopic (exact) mass is 287 g/mol. The second kappa shape index (κ2) is 5.64. The van der Waals surface area contributed by atoms with Crippen LogP contribution in [0.1, 0.15) is 57.6 Å². The first-order valence-electron chi connectivity index (χ1n) is 8.56. The van der Waals surface area contributed by atoms with Gasteiger partial charge in [0.15, 0.2) is 0 Å². The summed E-state index contributed by atoms with van der Waals surface area (Å²) in [5.74, 6) is 2.96. The van der Waals surface area contributed by atoms with Gasteiger partial charge in [-0.1, -0.05) is 45.4 Å². The summed E-state index contributed by atoms with van der Waals surface area (Å²) < 4.78 is 6.06. The number of ether oxygens (including phenoxy) is 1. The van der Waals surface area contributed by atoms with Gasteiger partial charge in [-0.25, -0.2) is 0 Å². The molecule has 3 atom stereocenters. The van der Waals surface area contributed by atoms with Crippen molar-refractivity contribution in [2.24, 2.45) is 23.5 Å². The topological polar surface area (TPSA) is 35.2 Å². The van der Waals surface area contributed by atoms with Crippen molar-refractivity contribution in [1.82, 2.24) is 0 Å². The molecule has 1 aromatic carbocycles. The van der Waals surface area contributed by atoms with Crippen LogP contribution in [0.5, 0.6) is 5.75 Å². The maximum atomic E-state index is 7.06. The van der Waals surface area contributed by atoms with Crippen LogP contribution in [0.4, 0.5) is 0 Å². The van der Waals surface area contributed by atoms with E-state index in [-0.39, 0.29) is 5.54 Å². The normalized spacial score (nSPS) is 32.6. The van der Waals surface area contributed by atoms with E-state index in [2.05, 4.69) is 39.0 Å². The summed E-state index contributed by atoms with van der Waals surface area (Å²) in [7, 11) is 0. The lowest BCUT2D eigenvalue weighted by molar-refractivity contribution is 0.104. The van der Waals surface area contributed by atoms with E-state index in [1.165, 1.54) is 24.0 Å². The van der Waals surface area contributed by atoms with Crippen molar-refractivity contribution in [1.29, 1.82) is 0 Å². The quantitative estimate of drug-likeness (QED) is 0.882. The number of fused-ring (bicyclic) bond motifs is 1. The maximum Gasteiger partial charge on any atom is 0.127 e. The fourth-order valence-electron chi connectivity index (χ4n) is 4.55. The van der Waals surface area contributed by atoms with Crippen LogP contribution >= 0.6 is 0 Å². The van der Waals surface area contributed by atoms with Gasteiger partial charge in [-0.15, -0.1) is 0 Å². The first-order chi connectivity index (χ1) is 10.0. The minimum Gasteiger partial charge on any atom is -0.493 e. The third-order valence-corrected chi connectivity index (χ3v) is 5.56. The molecular formula is C19H29NO. The molecule has 1 aliphatic carbocycles. The van der Waals surface area contributed by atoms with Gasteiger partial charge >= 0.3 is 0 Å². The highest BCUT2D eigenvalue weighted by Gasteiger charge is 2.44. The van der Waals surface area contributed by atoms with E-state index in [9.17, 15) is 0 Å². The van der Waals surface area contributed by atoms with Gasteiger partial charge in [0.25, 0.3) is 0 Å². The van der Waals surface area contributed by atoms with E-state index >= 15 is 0 Å². The molecule has 21 heavy (non-hydrogen) atoms. The van der Waals surface area contributed by atoms with Gasteiger partial charge in [0.2, 0.25) is 0 Å². The lowest BCUT2D eigenvalue weighted by Gasteiger charge is -2.47. The van der Waals surface area contributed by atoms with Crippen LogP contribution < -0.4 is 10.5 Å². The highest BCUT2D eigenvalue weighted by Crippen LogP contribution is 2.49. The summed E-state index contributed by atoms with van der Waals surface area (Å²) in [5, 5.41) is 0. The highest BCUT2D eigenvalue weighted by atomic mass is 16.5. The number of benzene rings is 1. The molecule has 1 aromatic rings. The predicted octanol–water partition coefficient (Wildman–Crippen LogP) is 4.26. The minimum atomic E-state index is -0.228. The Morgan fingerprint density at radius 1 is 1.29 bits per heavy atom. The molecule has 0 radical (unpaired) electrons. The Morgan fingerprint density at radius 3 is 2.86 bits per heavy atom. The molecule has 1 fully saturated rings. The summed E-state index contributed by atoms with van der Waals surface area (Å²) in [6.45, 7) is 7.81. The summed E-state index contributed by atoms with van der Waals surface area (Å²) >= 11 is 0. The Balaban J connectivity index is 2.07. The van der Waals surface area contributed by atoms with Crippen LogP contribution in [-0.2, 0) is 12.0 Å². The van der Waals surface area contributed by atoms with E-state index < -0.39 is 0 Å². The third-order valence-electron chi connectivity index (χ3n) is 5.56. The van der Waals surface area contributed by atoms with Crippen LogP contribution in [0, 0.1) is 17.8 Å². The molecule has 0 saturated heterocycles. The van der Waals surface area contributed by atoms with Gasteiger partial charge in [0, 0.05) is 11.1 Å². The van der Waals surface area contributed by atoms with Gasteiger partial charge in [0.1, 0.15) is 5.75 Å². The number of rotatable bonds is 2. The first kappa shape index (κ1) is 14.9. The molecule has 0 spiro atoms. The fourth-order valence-corrected chi connectivity index (χ4v) is 4.55. The summed E-state index contributed by atoms with van der Waals surface area (Å²) in [4.78, 5) is 0. The average molecular weight is 287 g/mol. The van der Waals surface area contributed by atoms with Crippen LogP contribution in [0.15, 0.2) is 18.2 Å². The van der Waals surface area contributed by atoms with Gasteiger partial charge in [0.05, 0.1) is 6.61 Å². The molecule has 1 aliphatic heterocycles. The zero-order valence-electron chi connectivity index (χ0n) is 13.7. The van der Waals surface area contributed by atoms with Gasteiger partial charge < -0.3 is 10.5 Å². The second-order valence-electron chi connectivity index (χ2n) is 7.52. The smallest absolute Gasteiger partial charge is 0.127 e. The Bertz CT molecular complexity index is 510. The molecule has 116 valence electrons. The lowest BCUT2D eigenvalue weighted by Crippen LogP contribution is -2.50. The van der Waals surface area contributed by atoms with E-state index in [1.54, 1.807) is 0 Å². The number of aryl methyl sites for hydroxylation is 1. The van der Waals surface area contributed by atoms with Crippen molar-refractivity contribution in [3.8, 4) is 5.75 Å². The van der Waals surface area contributed by atoms with E-state index in [0.717, 1.165) is 31.6 Å². The molecule has 0 bridgehead atoms. The van der Waals surface area contributed by atoms with E-state index in [1.807, 2.05) is 0 Å². The van der Waals surface area contributed by atoms with Crippen LogP contribution in [0.25, 0.3) is 0 Å². The molecule has 1 heterocycles. The van der Waals surface area contributed by atoms with Crippen molar-refractivity contribution >= 4 is 0 Å². The fraction of sp³-hybridized carbons (Fsp3) is 0.684. The summed E-state index contributed by atoms with van der Waals surface area (Å²) in [6.07, 6.45) is 5.87. The summed E-state index contributed by atoms with van der Waals surface area (Å²) in [5.41, 5.74) is 9.45. The minimum absolute atomic E-state index is 0.228. The third kappa shape index (κ3) is 2.59. The van der Waals surface area contributed by atoms with Crippen molar-refractivity contribution in [3.05, 3.63) is 29.3 Å². The second-order valence-corrected chi connectivity index (χ2v) is 7.52.